The lowest BCUT2D eigenvalue weighted by Crippen LogP contribution is -2.35. The fourth-order valence-electron chi connectivity index (χ4n) is 2.21. The molecule has 0 radical (unpaired) electrons. The summed E-state index contributed by atoms with van der Waals surface area (Å²) in [6.07, 6.45) is 2.01. The van der Waals surface area contributed by atoms with E-state index in [4.69, 9.17) is 4.74 Å². The Morgan fingerprint density at radius 3 is 2.84 bits per heavy atom. The summed E-state index contributed by atoms with van der Waals surface area (Å²) in [5.74, 6) is -0.325. The fourth-order valence-corrected chi connectivity index (χ4v) is 2.21. The molecule has 0 saturated carbocycles. The summed E-state index contributed by atoms with van der Waals surface area (Å²) in [6, 6.07) is 3.05. The van der Waals surface area contributed by atoms with E-state index in [1.165, 1.54) is 12.1 Å². The van der Waals surface area contributed by atoms with Crippen LogP contribution >= 0.6 is 0 Å². The predicted octanol–water partition coefficient (Wildman–Crippen LogP) is 1.24. The van der Waals surface area contributed by atoms with Crippen LogP contribution < -0.4 is 5.32 Å². The Kier molecular flexibility index (Phi) is 4.27. The molecule has 1 unspecified atom stereocenters. The molecule has 104 valence electrons. The Hall–Kier alpha value is -1.75. The van der Waals surface area contributed by atoms with E-state index < -0.39 is 0 Å². The zero-order chi connectivity index (χ0) is 13.8. The monoisotopic (exact) mass is 265 g/mol. The van der Waals surface area contributed by atoms with Gasteiger partial charge in [-0.05, 0) is 49.4 Å². The normalized spacial score (nSPS) is 18.5. The maximum atomic E-state index is 11.7. The summed E-state index contributed by atoms with van der Waals surface area (Å²) in [6.45, 7) is 3.00. The molecular weight excluding hydrogens is 246 g/mol. The third-order valence-electron chi connectivity index (χ3n) is 3.35. The smallest absolute Gasteiger partial charge is 0.249 e. The van der Waals surface area contributed by atoms with Gasteiger partial charge >= 0.3 is 0 Å². The molecule has 1 aromatic rings. The number of aryl methyl sites for hydroxylation is 1. The third kappa shape index (κ3) is 3.38. The van der Waals surface area contributed by atoms with Crippen molar-refractivity contribution in [3.63, 3.8) is 0 Å². The van der Waals surface area contributed by atoms with Crippen LogP contribution in [0.5, 0.6) is 11.5 Å². The molecule has 0 spiro atoms. The molecule has 0 aliphatic carbocycles. The molecular formula is C14H19NO4. The van der Waals surface area contributed by atoms with Gasteiger partial charge in [0.15, 0.2) is 11.5 Å². The Bertz CT molecular complexity index is 467. The average Bonchev–Trinajstić information content (AvgIpc) is 2.89. The molecule has 1 amide bonds. The molecule has 1 aromatic carbocycles. The minimum Gasteiger partial charge on any atom is -0.504 e. The largest absolute Gasteiger partial charge is 0.504 e. The van der Waals surface area contributed by atoms with E-state index >= 15 is 0 Å². The lowest BCUT2D eigenvalue weighted by atomic mass is 10.0. The van der Waals surface area contributed by atoms with Gasteiger partial charge in [-0.2, -0.15) is 0 Å². The first kappa shape index (κ1) is 13.7. The van der Waals surface area contributed by atoms with Crippen LogP contribution in [0.2, 0.25) is 0 Å². The Morgan fingerprint density at radius 2 is 2.16 bits per heavy atom. The van der Waals surface area contributed by atoms with E-state index in [0.29, 0.717) is 19.6 Å². The number of ether oxygens (including phenoxy) is 1. The molecule has 1 atom stereocenters. The lowest BCUT2D eigenvalue weighted by Gasteiger charge is -2.12. The Morgan fingerprint density at radius 1 is 1.42 bits per heavy atom. The van der Waals surface area contributed by atoms with Crippen LogP contribution in [0, 0.1) is 6.92 Å². The van der Waals surface area contributed by atoms with Crippen LogP contribution in [0.1, 0.15) is 24.0 Å². The van der Waals surface area contributed by atoms with Crippen LogP contribution in [-0.4, -0.2) is 35.4 Å². The number of hydrogen-bond donors (Lipinski definition) is 3. The van der Waals surface area contributed by atoms with E-state index in [-0.39, 0.29) is 23.5 Å². The van der Waals surface area contributed by atoms with Gasteiger partial charge in [-0.3, -0.25) is 4.79 Å². The minimum absolute atomic E-state index is 0.0712. The first-order valence-corrected chi connectivity index (χ1v) is 6.48. The van der Waals surface area contributed by atoms with Crippen molar-refractivity contribution in [1.82, 2.24) is 5.32 Å². The highest BCUT2D eigenvalue weighted by molar-refractivity contribution is 5.80. The van der Waals surface area contributed by atoms with Crippen molar-refractivity contribution in [2.75, 3.05) is 13.2 Å². The first-order chi connectivity index (χ1) is 9.08. The summed E-state index contributed by atoms with van der Waals surface area (Å²) >= 11 is 0. The second-order valence-electron chi connectivity index (χ2n) is 4.81. The van der Waals surface area contributed by atoms with Crippen molar-refractivity contribution in [3.05, 3.63) is 23.3 Å². The molecule has 5 heteroatoms. The van der Waals surface area contributed by atoms with Crippen molar-refractivity contribution < 1.29 is 19.7 Å². The van der Waals surface area contributed by atoms with Gasteiger partial charge in [-0.25, -0.2) is 0 Å². The summed E-state index contributed by atoms with van der Waals surface area (Å²) in [4.78, 5) is 11.7. The summed E-state index contributed by atoms with van der Waals surface area (Å²) in [7, 11) is 0. The molecule has 2 rings (SSSR count). The molecule has 0 bridgehead atoms. The van der Waals surface area contributed by atoms with Gasteiger partial charge < -0.3 is 20.3 Å². The molecule has 0 aromatic heterocycles. The van der Waals surface area contributed by atoms with Gasteiger partial charge in [0.25, 0.3) is 0 Å². The number of hydrogen-bond acceptors (Lipinski definition) is 4. The third-order valence-corrected chi connectivity index (χ3v) is 3.35. The van der Waals surface area contributed by atoms with Crippen molar-refractivity contribution in [2.45, 2.75) is 32.3 Å². The summed E-state index contributed by atoms with van der Waals surface area (Å²) in [5, 5.41) is 21.6. The number of nitrogens with one attached hydrogen (secondary N) is 1. The van der Waals surface area contributed by atoms with Crippen molar-refractivity contribution in [2.24, 2.45) is 0 Å². The fraction of sp³-hybridized carbons (Fsp3) is 0.500. The Balaban J connectivity index is 1.85. The predicted molar refractivity (Wildman–Crippen MR) is 70.2 cm³/mol. The number of aromatic hydroxyl groups is 2. The van der Waals surface area contributed by atoms with E-state index in [1.807, 2.05) is 6.92 Å². The van der Waals surface area contributed by atoms with E-state index in [0.717, 1.165) is 24.0 Å². The molecule has 1 aliphatic heterocycles. The average molecular weight is 265 g/mol. The zero-order valence-electron chi connectivity index (χ0n) is 11.0. The van der Waals surface area contributed by atoms with Gasteiger partial charge in [0, 0.05) is 13.2 Å². The summed E-state index contributed by atoms with van der Waals surface area (Å²) < 4.78 is 5.29. The molecule has 1 fully saturated rings. The van der Waals surface area contributed by atoms with Crippen LogP contribution in [0.4, 0.5) is 0 Å². The van der Waals surface area contributed by atoms with Crippen LogP contribution in [0.25, 0.3) is 0 Å². The van der Waals surface area contributed by atoms with Crippen LogP contribution in [0.3, 0.4) is 0 Å². The molecule has 5 nitrogen and oxygen atoms in total. The second-order valence-corrected chi connectivity index (χ2v) is 4.81. The maximum Gasteiger partial charge on any atom is 0.249 e. The van der Waals surface area contributed by atoms with E-state index in [1.54, 1.807) is 0 Å². The number of carbonyl (C=O) groups is 1. The Labute approximate surface area is 112 Å². The molecule has 19 heavy (non-hydrogen) atoms. The van der Waals surface area contributed by atoms with E-state index in [9.17, 15) is 15.0 Å². The SMILES string of the molecule is Cc1cc(O)c(O)cc1CCNC(=O)C1CCCO1. The maximum absolute atomic E-state index is 11.7. The van der Waals surface area contributed by atoms with Crippen molar-refractivity contribution >= 4 is 5.91 Å². The van der Waals surface area contributed by atoms with E-state index in [2.05, 4.69) is 5.32 Å². The van der Waals surface area contributed by atoms with Gasteiger partial charge in [-0.1, -0.05) is 0 Å². The first-order valence-electron chi connectivity index (χ1n) is 6.48. The van der Waals surface area contributed by atoms with Gasteiger partial charge in [0.2, 0.25) is 5.91 Å². The number of benzene rings is 1. The lowest BCUT2D eigenvalue weighted by molar-refractivity contribution is -0.129. The van der Waals surface area contributed by atoms with Crippen LogP contribution in [-0.2, 0) is 16.0 Å². The second kappa shape index (κ2) is 5.93. The highest BCUT2D eigenvalue weighted by Gasteiger charge is 2.22. The number of amides is 1. The quantitative estimate of drug-likeness (QED) is 0.716. The van der Waals surface area contributed by atoms with Crippen LogP contribution in [0.15, 0.2) is 12.1 Å². The molecule has 1 heterocycles. The topological polar surface area (TPSA) is 78.8 Å². The molecule has 3 N–H and O–H groups in total. The van der Waals surface area contributed by atoms with Crippen molar-refractivity contribution in [3.8, 4) is 11.5 Å². The highest BCUT2D eigenvalue weighted by atomic mass is 16.5. The summed E-state index contributed by atoms with van der Waals surface area (Å²) in [5.41, 5.74) is 1.80. The van der Waals surface area contributed by atoms with Gasteiger partial charge in [0.1, 0.15) is 6.10 Å². The number of carbonyl (C=O) groups excluding carboxylic acids is 1. The number of phenols is 2. The van der Waals surface area contributed by atoms with Crippen molar-refractivity contribution in [1.29, 1.82) is 0 Å². The molecule has 1 saturated heterocycles. The number of rotatable bonds is 4. The zero-order valence-corrected chi connectivity index (χ0v) is 11.0. The standard InChI is InChI=1S/C14H19NO4/c1-9-7-11(16)12(17)8-10(9)4-5-15-14(18)13-3-2-6-19-13/h7-8,13,16-17H,2-6H2,1H3,(H,15,18). The number of phenolic OH excluding ortho intramolecular Hbond substituents is 2. The highest BCUT2D eigenvalue weighted by Crippen LogP contribution is 2.28. The molecule has 1 aliphatic rings. The minimum atomic E-state index is -0.311. The van der Waals surface area contributed by atoms with Gasteiger partial charge in [0.05, 0.1) is 0 Å². The van der Waals surface area contributed by atoms with Gasteiger partial charge in [-0.15, -0.1) is 0 Å².